The molecule has 1 aromatic heterocycles. The van der Waals surface area contributed by atoms with E-state index in [9.17, 15) is 9.90 Å². The van der Waals surface area contributed by atoms with Gasteiger partial charge in [-0.25, -0.2) is 0 Å². The lowest BCUT2D eigenvalue weighted by Crippen LogP contribution is -2.28. The van der Waals surface area contributed by atoms with Crippen LogP contribution in [0.2, 0.25) is 0 Å². The van der Waals surface area contributed by atoms with Crippen LogP contribution in [0.4, 0.5) is 16.3 Å². The lowest BCUT2D eigenvalue weighted by Gasteiger charge is -2.01. The molecule has 0 bridgehead atoms. The van der Waals surface area contributed by atoms with E-state index < -0.39 is 6.09 Å². The fourth-order valence-corrected chi connectivity index (χ4v) is 1.34. The van der Waals surface area contributed by atoms with Crippen LogP contribution in [0, 0.1) is 0 Å². The van der Waals surface area contributed by atoms with Crippen molar-refractivity contribution in [3.05, 3.63) is 18.2 Å². The van der Waals surface area contributed by atoms with Crippen LogP contribution in [0.5, 0.6) is 0 Å². The summed E-state index contributed by atoms with van der Waals surface area (Å²) in [4.78, 5) is 14.1. The molecule has 0 radical (unpaired) electrons. The van der Waals surface area contributed by atoms with Crippen molar-refractivity contribution in [2.24, 2.45) is 4.99 Å². The molecular weight excluding hydrogens is 230 g/mol. The largest absolute Gasteiger partial charge is 0.530 e. The molecule has 1 N–H and O–H groups in total. The van der Waals surface area contributed by atoms with Gasteiger partial charge in [0, 0.05) is 0 Å². The first-order valence-corrected chi connectivity index (χ1v) is 4.57. The maximum atomic E-state index is 10.4. The van der Waals surface area contributed by atoms with Crippen molar-refractivity contribution in [2.45, 2.75) is 0 Å². The van der Waals surface area contributed by atoms with Gasteiger partial charge in [-0.2, -0.15) is 4.99 Å². The van der Waals surface area contributed by atoms with Crippen molar-refractivity contribution < 1.29 is 14.4 Å². The molecule has 0 fully saturated rings. The number of thiocarbonyl (C=S) groups is 1. The maximum absolute atomic E-state index is 10.4. The van der Waals surface area contributed by atoms with Gasteiger partial charge >= 0.3 is 0 Å². The Hall–Kier alpha value is -2.24. The van der Waals surface area contributed by atoms with E-state index in [4.69, 9.17) is 4.52 Å². The van der Waals surface area contributed by atoms with Crippen molar-refractivity contribution in [1.29, 1.82) is 0 Å². The van der Waals surface area contributed by atoms with Crippen molar-refractivity contribution >= 4 is 45.9 Å². The zero-order chi connectivity index (χ0) is 11.5. The number of aliphatic imine (C=N–C) groups is 1. The van der Waals surface area contributed by atoms with E-state index in [1.165, 1.54) is 0 Å². The summed E-state index contributed by atoms with van der Waals surface area (Å²) in [5.41, 5.74) is 0.971. The normalized spacial score (nSPS) is 9.75. The second kappa shape index (κ2) is 4.09. The standard InChI is InChI=1S/C9H5N3O3S/c13-9(14)11-8-6-3-5(10-4-16)1-2-7(6)15-12-8/h1-3H,(H,11,12)(H,13,14)/p-1. The number of hydrogen-bond donors (Lipinski definition) is 1. The number of carbonyl (C=O) groups is 1. The minimum Gasteiger partial charge on any atom is -0.530 e. The molecule has 7 heteroatoms. The number of amides is 1. The quantitative estimate of drug-likeness (QED) is 0.625. The summed E-state index contributed by atoms with van der Waals surface area (Å²) in [6, 6.07) is 4.83. The van der Waals surface area contributed by atoms with E-state index in [1.807, 2.05) is 5.32 Å². The molecule has 1 heterocycles. The van der Waals surface area contributed by atoms with Crippen molar-refractivity contribution in [1.82, 2.24) is 5.16 Å². The Kier molecular flexibility index (Phi) is 2.63. The summed E-state index contributed by atoms with van der Waals surface area (Å²) in [5.74, 6) is 0.0661. The number of carboxylic acid groups (broad SMARTS) is 1. The predicted molar refractivity (Wildman–Crippen MR) is 57.7 cm³/mol. The number of fused-ring (bicyclic) bond motifs is 1. The van der Waals surface area contributed by atoms with Gasteiger partial charge in [0.1, 0.15) is 6.09 Å². The lowest BCUT2D eigenvalue weighted by molar-refractivity contribution is -0.242. The highest BCUT2D eigenvalue weighted by molar-refractivity contribution is 7.78. The minimum absolute atomic E-state index is 0.0661. The third-order valence-corrected chi connectivity index (χ3v) is 1.94. The van der Waals surface area contributed by atoms with Crippen LogP contribution in [0.15, 0.2) is 27.7 Å². The van der Waals surface area contributed by atoms with Crippen LogP contribution < -0.4 is 10.4 Å². The molecule has 0 unspecified atom stereocenters. The summed E-state index contributed by atoms with van der Waals surface area (Å²) in [7, 11) is 0. The summed E-state index contributed by atoms with van der Waals surface area (Å²) >= 11 is 4.46. The van der Waals surface area contributed by atoms with Crippen molar-refractivity contribution in [2.75, 3.05) is 5.32 Å². The van der Waals surface area contributed by atoms with Gasteiger partial charge in [-0.3, -0.25) is 0 Å². The molecule has 0 spiro atoms. The number of hydrogen-bond acceptors (Lipinski definition) is 6. The van der Waals surface area contributed by atoms with E-state index in [-0.39, 0.29) is 5.82 Å². The van der Waals surface area contributed by atoms with Gasteiger partial charge in [0.25, 0.3) is 0 Å². The predicted octanol–water partition coefficient (Wildman–Crippen LogP) is 1.32. The van der Waals surface area contributed by atoms with E-state index in [2.05, 4.69) is 27.5 Å². The molecule has 0 saturated carbocycles. The highest BCUT2D eigenvalue weighted by Crippen LogP contribution is 2.26. The SMILES string of the molecule is O=C([O-])Nc1noc2ccc(N=C=S)cc12. The van der Waals surface area contributed by atoms with Gasteiger partial charge in [0.15, 0.2) is 11.4 Å². The average Bonchev–Trinajstić information content (AvgIpc) is 2.61. The van der Waals surface area contributed by atoms with E-state index in [1.54, 1.807) is 18.2 Å². The molecule has 1 amide bonds. The molecule has 0 aliphatic carbocycles. The molecule has 16 heavy (non-hydrogen) atoms. The molecule has 2 rings (SSSR count). The number of benzene rings is 1. The maximum Gasteiger partial charge on any atom is 0.182 e. The van der Waals surface area contributed by atoms with Gasteiger partial charge in [-0.05, 0) is 30.4 Å². The van der Waals surface area contributed by atoms with Crippen LogP contribution in [0.25, 0.3) is 11.0 Å². The molecule has 6 nitrogen and oxygen atoms in total. The Morgan fingerprint density at radius 1 is 1.62 bits per heavy atom. The van der Waals surface area contributed by atoms with Crippen molar-refractivity contribution in [3.63, 3.8) is 0 Å². The number of nitrogens with zero attached hydrogens (tertiary/aromatic N) is 2. The van der Waals surface area contributed by atoms with Crippen LogP contribution in [-0.4, -0.2) is 16.4 Å². The molecule has 0 atom stereocenters. The Morgan fingerprint density at radius 2 is 2.44 bits per heavy atom. The Morgan fingerprint density at radius 3 is 3.12 bits per heavy atom. The minimum atomic E-state index is -1.46. The van der Waals surface area contributed by atoms with Crippen LogP contribution in [0.3, 0.4) is 0 Å². The molecule has 0 saturated heterocycles. The van der Waals surface area contributed by atoms with Crippen LogP contribution >= 0.6 is 12.2 Å². The van der Waals surface area contributed by atoms with Gasteiger partial charge in [0.2, 0.25) is 0 Å². The lowest BCUT2D eigenvalue weighted by atomic mass is 10.2. The molecule has 2 aromatic rings. The Bertz CT molecular complexity index is 601. The Labute approximate surface area is 94.6 Å². The zero-order valence-corrected chi connectivity index (χ0v) is 8.58. The first-order valence-electron chi connectivity index (χ1n) is 4.16. The number of isothiocyanates is 1. The van der Waals surface area contributed by atoms with Crippen molar-refractivity contribution in [3.8, 4) is 0 Å². The average molecular weight is 234 g/mol. The molecule has 80 valence electrons. The molecule has 1 aromatic carbocycles. The number of carbonyl (C=O) groups excluding carboxylic acids is 1. The zero-order valence-electron chi connectivity index (χ0n) is 7.76. The third kappa shape index (κ3) is 1.90. The summed E-state index contributed by atoms with van der Waals surface area (Å²) in [6.07, 6.45) is -1.46. The first-order chi connectivity index (χ1) is 7.70. The summed E-state index contributed by atoms with van der Waals surface area (Å²) in [5, 5.41) is 18.6. The van der Waals surface area contributed by atoms with E-state index in [0.29, 0.717) is 16.7 Å². The monoisotopic (exact) mass is 234 g/mol. The fourth-order valence-electron chi connectivity index (χ4n) is 1.24. The molecule has 0 aliphatic rings. The van der Waals surface area contributed by atoms with Gasteiger partial charge in [0.05, 0.1) is 16.2 Å². The highest BCUT2D eigenvalue weighted by atomic mass is 32.1. The number of rotatable bonds is 2. The van der Waals surface area contributed by atoms with Crippen LogP contribution in [-0.2, 0) is 0 Å². The van der Waals surface area contributed by atoms with Gasteiger partial charge in [-0.1, -0.05) is 5.16 Å². The van der Waals surface area contributed by atoms with E-state index >= 15 is 0 Å². The number of anilines is 1. The summed E-state index contributed by atoms with van der Waals surface area (Å²) < 4.78 is 4.89. The topological polar surface area (TPSA) is 90.5 Å². The molecule has 0 aliphatic heterocycles. The second-order valence-corrected chi connectivity index (χ2v) is 3.01. The fraction of sp³-hybridized carbons (Fsp3) is 0. The van der Waals surface area contributed by atoms with Gasteiger partial charge in [-0.15, -0.1) is 0 Å². The summed E-state index contributed by atoms with van der Waals surface area (Å²) in [6.45, 7) is 0. The smallest absolute Gasteiger partial charge is 0.182 e. The van der Waals surface area contributed by atoms with Gasteiger partial charge < -0.3 is 19.7 Å². The molecular formula is C9H4N3O3S-. The Balaban J connectivity index is 2.55. The van der Waals surface area contributed by atoms with E-state index in [0.717, 1.165) is 0 Å². The first kappa shape index (κ1) is 10.3. The highest BCUT2D eigenvalue weighted by Gasteiger charge is 2.08. The third-order valence-electron chi connectivity index (χ3n) is 1.85. The van der Waals surface area contributed by atoms with Crippen LogP contribution in [0.1, 0.15) is 0 Å². The second-order valence-electron chi connectivity index (χ2n) is 2.83. The number of aromatic nitrogens is 1. The number of nitrogens with one attached hydrogen (secondary N) is 1.